The van der Waals surface area contributed by atoms with Crippen molar-refractivity contribution in [2.45, 2.75) is 12.7 Å². The highest BCUT2D eigenvalue weighted by Crippen LogP contribution is 2.28. The van der Waals surface area contributed by atoms with E-state index in [0.717, 1.165) is 13.0 Å². The Kier molecular flexibility index (Phi) is 4.43. The van der Waals surface area contributed by atoms with Gasteiger partial charge in [0.15, 0.2) is 5.75 Å². The van der Waals surface area contributed by atoms with E-state index in [2.05, 4.69) is 4.18 Å². The summed E-state index contributed by atoms with van der Waals surface area (Å²) in [6.07, 6.45) is 0. The fourth-order valence-electron chi connectivity index (χ4n) is 1.38. The molecule has 0 aliphatic rings. The minimum Gasteiger partial charge on any atom is -0.490 e. The zero-order valence-corrected chi connectivity index (χ0v) is 11.0. The summed E-state index contributed by atoms with van der Waals surface area (Å²) in [5.41, 5.74) is -0.244. The predicted molar refractivity (Wildman–Crippen MR) is 64.0 cm³/mol. The summed E-state index contributed by atoms with van der Waals surface area (Å²) in [6, 6.07) is 3.67. The number of nitrogens with zero attached hydrogens (tertiary/aromatic N) is 1. The number of rotatable bonds is 5. The lowest BCUT2D eigenvalue weighted by Crippen LogP contribution is -2.12. The lowest BCUT2D eigenvalue weighted by atomic mass is 10.2. The van der Waals surface area contributed by atoms with Gasteiger partial charge in [0.2, 0.25) is 0 Å². The Balaban J connectivity index is 3.07. The smallest absolute Gasteiger partial charge is 0.319 e. The molecule has 0 saturated carbocycles. The molecule has 0 aliphatic carbocycles. The van der Waals surface area contributed by atoms with E-state index in [1.54, 1.807) is 0 Å². The van der Waals surface area contributed by atoms with Crippen LogP contribution in [-0.2, 0) is 24.8 Å². The van der Waals surface area contributed by atoms with Gasteiger partial charge in [-0.05, 0) is 11.6 Å². The summed E-state index contributed by atoms with van der Waals surface area (Å²) in [7, 11) is -2.85. The van der Waals surface area contributed by atoms with E-state index in [-0.39, 0.29) is 17.0 Å². The standard InChI is InChI=1S/C10H11NO7S/c1-7(12)18-19(15,16)6-8-3-4-10(17-2)9(5-8)11(13)14/h3-5H,6H2,1-2H3. The molecule has 0 N–H and O–H groups in total. The molecule has 8 nitrogen and oxygen atoms in total. The Morgan fingerprint density at radius 2 is 2.05 bits per heavy atom. The summed E-state index contributed by atoms with van der Waals surface area (Å²) in [4.78, 5) is 20.7. The topological polar surface area (TPSA) is 113 Å². The average Bonchev–Trinajstić information content (AvgIpc) is 2.26. The molecule has 0 saturated heterocycles. The van der Waals surface area contributed by atoms with Gasteiger partial charge in [-0.25, -0.2) is 0 Å². The van der Waals surface area contributed by atoms with E-state index in [4.69, 9.17) is 4.74 Å². The fourth-order valence-corrected chi connectivity index (χ4v) is 2.38. The average molecular weight is 289 g/mol. The van der Waals surface area contributed by atoms with Gasteiger partial charge in [0.25, 0.3) is 0 Å². The normalized spacial score (nSPS) is 10.8. The van der Waals surface area contributed by atoms with E-state index >= 15 is 0 Å². The highest BCUT2D eigenvalue weighted by molar-refractivity contribution is 7.86. The first-order valence-corrected chi connectivity index (χ1v) is 6.57. The van der Waals surface area contributed by atoms with E-state index in [9.17, 15) is 23.3 Å². The highest BCUT2D eigenvalue weighted by Gasteiger charge is 2.20. The number of carbonyl (C=O) groups excluding carboxylic acids is 1. The maximum atomic E-state index is 11.4. The molecule has 1 aromatic rings. The molecule has 1 rings (SSSR count). The zero-order valence-electron chi connectivity index (χ0n) is 10.2. The van der Waals surface area contributed by atoms with Crippen LogP contribution in [0.4, 0.5) is 5.69 Å². The highest BCUT2D eigenvalue weighted by atomic mass is 32.2. The molecule has 1 aromatic carbocycles. The molecule has 0 radical (unpaired) electrons. The number of nitro benzene ring substituents is 1. The molecule has 0 aliphatic heterocycles. The van der Waals surface area contributed by atoms with E-state index < -0.39 is 26.8 Å². The van der Waals surface area contributed by atoms with Crippen LogP contribution in [0.1, 0.15) is 12.5 Å². The molecule has 0 unspecified atom stereocenters. The molecule has 0 atom stereocenters. The van der Waals surface area contributed by atoms with Crippen molar-refractivity contribution in [3.05, 3.63) is 33.9 Å². The van der Waals surface area contributed by atoms with Crippen molar-refractivity contribution in [2.24, 2.45) is 0 Å². The van der Waals surface area contributed by atoms with Crippen LogP contribution >= 0.6 is 0 Å². The minimum absolute atomic E-state index is 0.0126. The van der Waals surface area contributed by atoms with Gasteiger partial charge in [-0.1, -0.05) is 6.07 Å². The van der Waals surface area contributed by atoms with Crippen LogP contribution in [0.25, 0.3) is 0 Å². The van der Waals surface area contributed by atoms with Gasteiger partial charge < -0.3 is 8.92 Å². The largest absolute Gasteiger partial charge is 0.490 e. The lowest BCUT2D eigenvalue weighted by molar-refractivity contribution is -0.385. The van der Waals surface area contributed by atoms with Crippen molar-refractivity contribution in [2.75, 3.05) is 7.11 Å². The second-order valence-corrected chi connectivity index (χ2v) is 5.11. The van der Waals surface area contributed by atoms with Crippen molar-refractivity contribution >= 4 is 21.8 Å². The second-order valence-electron chi connectivity index (χ2n) is 3.54. The second kappa shape index (κ2) is 5.65. The van der Waals surface area contributed by atoms with Crippen LogP contribution in [0.15, 0.2) is 18.2 Å². The first-order valence-electron chi connectivity index (χ1n) is 4.99. The molecular weight excluding hydrogens is 278 g/mol. The molecule has 9 heteroatoms. The summed E-state index contributed by atoms with van der Waals surface area (Å²) in [5.74, 6) is -1.60. The van der Waals surface area contributed by atoms with Gasteiger partial charge in [-0.2, -0.15) is 8.42 Å². The Bertz CT molecular complexity index is 608. The van der Waals surface area contributed by atoms with Gasteiger partial charge in [0.05, 0.1) is 12.0 Å². The van der Waals surface area contributed by atoms with Crippen molar-refractivity contribution in [1.29, 1.82) is 0 Å². The zero-order chi connectivity index (χ0) is 14.6. The number of hydrogen-bond acceptors (Lipinski definition) is 7. The molecule has 0 amide bonds. The number of carbonyl (C=O) groups is 1. The molecule has 0 bridgehead atoms. The molecular formula is C10H11NO7S. The Morgan fingerprint density at radius 1 is 1.42 bits per heavy atom. The van der Waals surface area contributed by atoms with Crippen LogP contribution in [0, 0.1) is 10.1 Å². The molecule has 19 heavy (non-hydrogen) atoms. The quantitative estimate of drug-likeness (QED) is 0.451. The number of nitro groups is 1. The van der Waals surface area contributed by atoms with Gasteiger partial charge in [-0.15, -0.1) is 0 Å². The van der Waals surface area contributed by atoms with Crippen LogP contribution in [-0.4, -0.2) is 26.4 Å². The lowest BCUT2D eigenvalue weighted by Gasteiger charge is -2.05. The van der Waals surface area contributed by atoms with Gasteiger partial charge in [0.1, 0.15) is 5.75 Å². The number of benzene rings is 1. The number of hydrogen-bond donors (Lipinski definition) is 0. The minimum atomic E-state index is -4.11. The Hall–Kier alpha value is -2.16. The monoisotopic (exact) mass is 289 g/mol. The van der Waals surface area contributed by atoms with Crippen LogP contribution in [0.5, 0.6) is 5.75 Å². The maximum Gasteiger partial charge on any atom is 0.319 e. The van der Waals surface area contributed by atoms with Gasteiger partial charge >= 0.3 is 21.8 Å². The third kappa shape index (κ3) is 4.21. The van der Waals surface area contributed by atoms with Crippen molar-refractivity contribution in [3.63, 3.8) is 0 Å². The van der Waals surface area contributed by atoms with Gasteiger partial charge in [0, 0.05) is 13.0 Å². The number of methoxy groups -OCH3 is 1. The van der Waals surface area contributed by atoms with E-state index in [1.165, 1.54) is 19.2 Å². The summed E-state index contributed by atoms with van der Waals surface area (Å²) in [5, 5.41) is 10.8. The molecule has 0 heterocycles. The van der Waals surface area contributed by atoms with Crippen LogP contribution < -0.4 is 4.74 Å². The first kappa shape index (κ1) is 14.9. The maximum absolute atomic E-state index is 11.4. The van der Waals surface area contributed by atoms with Crippen LogP contribution in [0.2, 0.25) is 0 Å². The molecule has 0 spiro atoms. The van der Waals surface area contributed by atoms with Crippen molar-refractivity contribution in [1.82, 2.24) is 0 Å². The van der Waals surface area contributed by atoms with Crippen LogP contribution in [0.3, 0.4) is 0 Å². The first-order chi connectivity index (χ1) is 8.75. The molecule has 0 fully saturated rings. The van der Waals surface area contributed by atoms with Crippen molar-refractivity contribution < 1.29 is 27.1 Å². The Morgan fingerprint density at radius 3 is 2.53 bits per heavy atom. The summed E-state index contributed by atoms with van der Waals surface area (Å²) in [6.45, 7) is 0.952. The van der Waals surface area contributed by atoms with Crippen molar-refractivity contribution in [3.8, 4) is 5.75 Å². The molecule has 104 valence electrons. The Labute approximate surface area is 109 Å². The van der Waals surface area contributed by atoms with E-state index in [0.29, 0.717) is 0 Å². The van der Waals surface area contributed by atoms with E-state index in [1.807, 2.05) is 0 Å². The third-order valence-corrected chi connectivity index (χ3v) is 3.20. The van der Waals surface area contributed by atoms with Gasteiger partial charge in [-0.3, -0.25) is 14.9 Å². The SMILES string of the molecule is COc1ccc(CS(=O)(=O)OC(C)=O)cc1[N+](=O)[O-]. The summed E-state index contributed by atoms with van der Waals surface area (Å²) < 4.78 is 31.7. The number of ether oxygens (including phenoxy) is 1. The third-order valence-electron chi connectivity index (χ3n) is 2.03. The predicted octanol–water partition coefficient (Wildman–Crippen LogP) is 0.996. The summed E-state index contributed by atoms with van der Waals surface area (Å²) >= 11 is 0. The fraction of sp³-hybridized carbons (Fsp3) is 0.300. The molecule has 0 aromatic heterocycles.